The summed E-state index contributed by atoms with van der Waals surface area (Å²) >= 11 is 3.38. The highest BCUT2D eigenvalue weighted by Gasteiger charge is 2.34. The van der Waals surface area contributed by atoms with E-state index in [0.717, 1.165) is 3.57 Å². The van der Waals surface area contributed by atoms with E-state index < -0.39 is 11.1 Å². The summed E-state index contributed by atoms with van der Waals surface area (Å²) in [5.41, 5.74) is 1.07. The lowest BCUT2D eigenvalue weighted by molar-refractivity contribution is -0.128. The smallest absolute Gasteiger partial charge is 0.238 e. The van der Waals surface area contributed by atoms with E-state index in [9.17, 15) is 14.0 Å². The normalized spacial score (nSPS) is 18.9. The van der Waals surface area contributed by atoms with Crippen molar-refractivity contribution >= 4 is 62.7 Å². The minimum atomic E-state index is -0.592. The van der Waals surface area contributed by atoms with Gasteiger partial charge in [0.1, 0.15) is 11.1 Å². The number of hydrogen-bond acceptors (Lipinski definition) is 4. The first-order valence-electron chi connectivity index (χ1n) is 7.76. The van der Waals surface area contributed by atoms with E-state index in [1.54, 1.807) is 19.2 Å². The first kappa shape index (κ1) is 18.8. The van der Waals surface area contributed by atoms with E-state index in [2.05, 4.69) is 32.9 Å². The fraction of sp³-hybridized carbons (Fsp3) is 0.167. The van der Waals surface area contributed by atoms with Gasteiger partial charge in [-0.3, -0.25) is 14.5 Å². The molecule has 2 aromatic rings. The number of amides is 2. The zero-order chi connectivity index (χ0) is 18.7. The monoisotopic (exact) mass is 483 g/mol. The van der Waals surface area contributed by atoms with Gasteiger partial charge in [-0.15, -0.1) is 0 Å². The number of halogens is 2. The molecule has 1 aliphatic rings. The molecule has 5 nitrogen and oxygen atoms in total. The highest BCUT2D eigenvalue weighted by atomic mass is 127. The second kappa shape index (κ2) is 8.17. The van der Waals surface area contributed by atoms with Crippen LogP contribution in [-0.4, -0.2) is 34.2 Å². The molecule has 1 N–H and O–H groups in total. The second-order valence-electron chi connectivity index (χ2n) is 5.63. The van der Waals surface area contributed by atoms with Gasteiger partial charge in [-0.2, -0.15) is 0 Å². The number of rotatable bonds is 3. The molecule has 0 aliphatic carbocycles. The van der Waals surface area contributed by atoms with Gasteiger partial charge in [0.05, 0.1) is 5.69 Å². The lowest BCUT2D eigenvalue weighted by atomic mass is 10.2. The molecule has 1 unspecified atom stereocenters. The van der Waals surface area contributed by atoms with Crippen LogP contribution in [0.15, 0.2) is 53.5 Å². The van der Waals surface area contributed by atoms with Crippen molar-refractivity contribution in [3.8, 4) is 0 Å². The summed E-state index contributed by atoms with van der Waals surface area (Å²) in [5.74, 6) is -0.874. The van der Waals surface area contributed by atoms with Crippen molar-refractivity contribution < 1.29 is 14.0 Å². The molecule has 0 radical (unpaired) electrons. The molecule has 8 heteroatoms. The summed E-state index contributed by atoms with van der Waals surface area (Å²) in [5, 5.41) is 2.60. The number of anilines is 1. The van der Waals surface area contributed by atoms with Crippen molar-refractivity contribution in [3.63, 3.8) is 0 Å². The minimum Gasteiger partial charge on any atom is -0.325 e. The van der Waals surface area contributed by atoms with Gasteiger partial charge in [-0.1, -0.05) is 17.8 Å². The predicted molar refractivity (Wildman–Crippen MR) is 110 cm³/mol. The van der Waals surface area contributed by atoms with Gasteiger partial charge in [0.15, 0.2) is 5.17 Å². The third-order valence-electron chi connectivity index (χ3n) is 3.71. The Morgan fingerprint density at radius 1 is 1.31 bits per heavy atom. The van der Waals surface area contributed by atoms with Crippen molar-refractivity contribution in [2.24, 2.45) is 4.99 Å². The number of benzene rings is 2. The van der Waals surface area contributed by atoms with Crippen molar-refractivity contribution in [1.82, 2.24) is 4.90 Å². The van der Waals surface area contributed by atoms with Crippen LogP contribution in [0.1, 0.15) is 6.42 Å². The zero-order valence-electron chi connectivity index (χ0n) is 13.8. The third kappa shape index (κ3) is 4.61. The van der Waals surface area contributed by atoms with E-state index in [-0.39, 0.29) is 18.2 Å². The molecule has 26 heavy (non-hydrogen) atoms. The van der Waals surface area contributed by atoms with Crippen LogP contribution in [0.2, 0.25) is 0 Å². The van der Waals surface area contributed by atoms with Gasteiger partial charge in [-0.25, -0.2) is 9.38 Å². The predicted octanol–water partition coefficient (Wildman–Crippen LogP) is 4.02. The average molecular weight is 483 g/mol. The van der Waals surface area contributed by atoms with Crippen LogP contribution in [-0.2, 0) is 9.59 Å². The Labute approximate surface area is 168 Å². The van der Waals surface area contributed by atoms with Crippen LogP contribution in [0.5, 0.6) is 0 Å². The number of hydrogen-bond donors (Lipinski definition) is 1. The Kier molecular flexibility index (Phi) is 5.92. The molecule has 0 saturated carbocycles. The van der Waals surface area contributed by atoms with Crippen molar-refractivity contribution in [1.29, 1.82) is 0 Å². The van der Waals surface area contributed by atoms with Crippen molar-refractivity contribution in [3.05, 3.63) is 57.9 Å². The standard InChI is InChI=1S/C18H15FIN3O2S/c1-23-16(24)10-15(17(25)21-13-7-5-12(20)6-8-13)26-18(23)22-14-4-2-3-11(19)9-14/h2-9,15H,10H2,1H3,(H,21,25). The summed E-state index contributed by atoms with van der Waals surface area (Å²) in [6.45, 7) is 0. The van der Waals surface area contributed by atoms with Crippen LogP contribution in [0.3, 0.4) is 0 Å². The molecule has 1 fully saturated rings. The molecule has 1 saturated heterocycles. The maximum Gasteiger partial charge on any atom is 0.238 e. The van der Waals surface area contributed by atoms with Gasteiger partial charge < -0.3 is 5.32 Å². The highest BCUT2D eigenvalue weighted by Crippen LogP contribution is 2.29. The van der Waals surface area contributed by atoms with Gasteiger partial charge in [0.2, 0.25) is 11.8 Å². The fourth-order valence-corrected chi connectivity index (χ4v) is 3.73. The topological polar surface area (TPSA) is 61.8 Å². The molecular weight excluding hydrogens is 468 g/mol. The van der Waals surface area contributed by atoms with Gasteiger partial charge >= 0.3 is 0 Å². The van der Waals surface area contributed by atoms with E-state index in [1.807, 2.05) is 24.3 Å². The zero-order valence-corrected chi connectivity index (χ0v) is 16.8. The molecule has 1 aliphatic heterocycles. The van der Waals surface area contributed by atoms with Crippen molar-refractivity contribution in [2.45, 2.75) is 11.7 Å². The molecule has 0 spiro atoms. The Morgan fingerprint density at radius 3 is 2.73 bits per heavy atom. The number of carbonyl (C=O) groups is 2. The molecular formula is C18H15FIN3O2S. The summed E-state index contributed by atoms with van der Waals surface area (Å²) in [7, 11) is 1.60. The quantitative estimate of drug-likeness (QED) is 0.672. The number of nitrogens with one attached hydrogen (secondary N) is 1. The number of aliphatic imine (C=N–C) groups is 1. The molecule has 1 heterocycles. The van der Waals surface area contributed by atoms with E-state index in [1.165, 1.54) is 28.8 Å². The number of nitrogens with zero attached hydrogens (tertiary/aromatic N) is 2. The fourth-order valence-electron chi connectivity index (χ4n) is 2.31. The molecule has 0 aromatic heterocycles. The Morgan fingerprint density at radius 2 is 2.04 bits per heavy atom. The molecule has 3 rings (SSSR count). The van der Waals surface area contributed by atoms with E-state index >= 15 is 0 Å². The van der Waals surface area contributed by atoms with Crippen LogP contribution < -0.4 is 5.32 Å². The minimum absolute atomic E-state index is 0.0829. The van der Waals surface area contributed by atoms with E-state index in [0.29, 0.717) is 16.5 Å². The number of carbonyl (C=O) groups excluding carboxylic acids is 2. The maximum atomic E-state index is 13.3. The Hall–Kier alpha value is -1.94. The lowest BCUT2D eigenvalue weighted by Crippen LogP contribution is -2.43. The maximum absolute atomic E-state index is 13.3. The first-order valence-corrected chi connectivity index (χ1v) is 9.72. The number of amidine groups is 1. The Bertz CT molecular complexity index is 873. The largest absolute Gasteiger partial charge is 0.325 e. The van der Waals surface area contributed by atoms with Crippen molar-refractivity contribution in [2.75, 3.05) is 12.4 Å². The molecule has 1 atom stereocenters. The first-order chi connectivity index (χ1) is 12.4. The van der Waals surface area contributed by atoms with Gasteiger partial charge in [0.25, 0.3) is 0 Å². The molecule has 2 amide bonds. The summed E-state index contributed by atoms with van der Waals surface area (Å²) in [6, 6.07) is 13.2. The SMILES string of the molecule is CN1C(=O)CC(C(=O)Nc2ccc(I)cc2)SC1=Nc1cccc(F)c1. The van der Waals surface area contributed by atoms with Crippen LogP contribution in [0.4, 0.5) is 15.8 Å². The highest BCUT2D eigenvalue weighted by molar-refractivity contribution is 14.1. The van der Waals surface area contributed by atoms with Crippen LogP contribution in [0, 0.1) is 9.39 Å². The van der Waals surface area contributed by atoms with Gasteiger partial charge in [-0.05, 0) is 65.1 Å². The lowest BCUT2D eigenvalue weighted by Gasteiger charge is -2.28. The molecule has 2 aromatic carbocycles. The second-order valence-corrected chi connectivity index (χ2v) is 8.05. The number of thioether (sulfide) groups is 1. The molecule has 134 valence electrons. The summed E-state index contributed by atoms with van der Waals surface area (Å²) in [6.07, 6.45) is 0.0829. The average Bonchev–Trinajstić information content (AvgIpc) is 2.60. The molecule has 0 bridgehead atoms. The van der Waals surface area contributed by atoms with Crippen LogP contribution >= 0.6 is 34.4 Å². The van der Waals surface area contributed by atoms with Crippen LogP contribution in [0.25, 0.3) is 0 Å². The van der Waals surface area contributed by atoms with Gasteiger partial charge in [0, 0.05) is 22.7 Å². The third-order valence-corrected chi connectivity index (χ3v) is 5.67. The Balaban J connectivity index is 1.77. The van der Waals surface area contributed by atoms with E-state index in [4.69, 9.17) is 0 Å². The summed E-state index contributed by atoms with van der Waals surface area (Å²) in [4.78, 5) is 30.5. The summed E-state index contributed by atoms with van der Waals surface area (Å²) < 4.78 is 14.4.